The van der Waals surface area contributed by atoms with Crippen LogP contribution in [-0.2, 0) is 6.42 Å². The minimum atomic E-state index is -0.554. The molecule has 0 saturated carbocycles. The smallest absolute Gasteiger partial charge is 0.294 e. The molecule has 1 N–H and O–H groups in total. The third-order valence-corrected chi connectivity index (χ3v) is 6.47. The van der Waals surface area contributed by atoms with E-state index in [4.69, 9.17) is 16.3 Å². The number of imide groups is 1. The molecule has 0 aliphatic carbocycles. The van der Waals surface area contributed by atoms with Gasteiger partial charge in [0, 0.05) is 34.6 Å². The first kappa shape index (κ1) is 23.3. The average molecular weight is 502 g/mol. The molecule has 0 aromatic heterocycles. The lowest BCUT2D eigenvalue weighted by molar-refractivity contribution is -0.383. The number of nitro benzene ring substituents is 1. The molecule has 180 valence electrons. The maximum atomic E-state index is 13.4. The van der Waals surface area contributed by atoms with E-state index in [0.717, 1.165) is 10.5 Å². The number of benzene rings is 4. The topological polar surface area (TPSA) is 102 Å². The predicted molar refractivity (Wildman–Crippen MR) is 137 cm³/mol. The first-order valence-corrected chi connectivity index (χ1v) is 11.5. The molecule has 8 nitrogen and oxygen atoms in total. The second kappa shape index (κ2) is 9.31. The van der Waals surface area contributed by atoms with Crippen LogP contribution in [0.4, 0.5) is 17.1 Å². The number of carbonyl (C=O) groups excluding carboxylic acids is 2. The summed E-state index contributed by atoms with van der Waals surface area (Å²) in [6.07, 6.45) is 0.476. The third kappa shape index (κ3) is 4.01. The number of halogens is 1. The molecule has 1 heterocycles. The number of nitrogens with zero attached hydrogens (tertiary/aromatic N) is 2. The molecular weight excluding hydrogens is 482 g/mol. The molecule has 4 aromatic carbocycles. The van der Waals surface area contributed by atoms with E-state index in [-0.39, 0.29) is 23.5 Å². The fourth-order valence-corrected chi connectivity index (χ4v) is 4.71. The zero-order valence-electron chi connectivity index (χ0n) is 19.2. The molecule has 2 amide bonds. The number of carbonyl (C=O) groups is 2. The second-order valence-electron chi connectivity index (χ2n) is 8.28. The standard InChI is InChI=1S/C27H20ClN3O5/c1-36-23-11-10-17(14-21(23)28)29-25-18-8-5-9-19-24(18)20(15-22(25)31(34)35)27(33)30(26(19)32)13-12-16-6-3-2-4-7-16/h2-11,14-15,29H,12-13H2,1H3. The highest BCUT2D eigenvalue weighted by Gasteiger charge is 2.36. The van der Waals surface area contributed by atoms with Gasteiger partial charge in [-0.1, -0.05) is 54.1 Å². The van der Waals surface area contributed by atoms with Gasteiger partial charge in [0.25, 0.3) is 17.5 Å². The lowest BCUT2D eigenvalue weighted by Gasteiger charge is -2.28. The molecule has 0 spiro atoms. The van der Waals surface area contributed by atoms with E-state index in [0.29, 0.717) is 39.2 Å². The molecule has 9 heteroatoms. The third-order valence-electron chi connectivity index (χ3n) is 6.18. The summed E-state index contributed by atoms with van der Waals surface area (Å²) in [6, 6.07) is 20.6. The first-order chi connectivity index (χ1) is 17.4. The van der Waals surface area contributed by atoms with Crippen molar-refractivity contribution in [3.63, 3.8) is 0 Å². The average Bonchev–Trinajstić information content (AvgIpc) is 2.88. The summed E-state index contributed by atoms with van der Waals surface area (Å²) in [6.45, 7) is 0.162. The second-order valence-corrected chi connectivity index (χ2v) is 8.68. The summed E-state index contributed by atoms with van der Waals surface area (Å²) >= 11 is 6.23. The van der Waals surface area contributed by atoms with Crippen molar-refractivity contribution in [3.05, 3.63) is 105 Å². The lowest BCUT2D eigenvalue weighted by atomic mass is 9.91. The van der Waals surface area contributed by atoms with Gasteiger partial charge in [0.05, 0.1) is 22.6 Å². The predicted octanol–water partition coefficient (Wildman–Crippen LogP) is 5.99. The van der Waals surface area contributed by atoms with Crippen LogP contribution in [-0.4, -0.2) is 35.3 Å². The number of anilines is 2. The van der Waals surface area contributed by atoms with E-state index in [1.807, 2.05) is 30.3 Å². The molecule has 1 aliphatic rings. The highest BCUT2D eigenvalue weighted by molar-refractivity contribution is 6.32. The highest BCUT2D eigenvalue weighted by atomic mass is 35.5. The molecule has 0 saturated heterocycles. The van der Waals surface area contributed by atoms with E-state index in [1.54, 1.807) is 36.4 Å². The summed E-state index contributed by atoms with van der Waals surface area (Å²) in [5.74, 6) is -0.525. The van der Waals surface area contributed by atoms with Gasteiger partial charge in [0.1, 0.15) is 11.4 Å². The van der Waals surface area contributed by atoms with E-state index in [1.165, 1.54) is 13.2 Å². The van der Waals surface area contributed by atoms with Gasteiger partial charge in [-0.05, 0) is 36.2 Å². The van der Waals surface area contributed by atoms with Crippen LogP contribution in [0.15, 0.2) is 72.8 Å². The Balaban J connectivity index is 1.60. The van der Waals surface area contributed by atoms with Gasteiger partial charge in [0.15, 0.2) is 0 Å². The maximum Gasteiger partial charge on any atom is 0.294 e. The van der Waals surface area contributed by atoms with Crippen LogP contribution >= 0.6 is 11.6 Å². The number of nitro groups is 1. The number of ether oxygens (including phenoxy) is 1. The molecule has 0 radical (unpaired) electrons. The number of hydrogen-bond acceptors (Lipinski definition) is 6. The number of methoxy groups -OCH3 is 1. The van der Waals surface area contributed by atoms with E-state index in [9.17, 15) is 19.7 Å². The summed E-state index contributed by atoms with van der Waals surface area (Å²) in [4.78, 5) is 39.5. The fourth-order valence-electron chi connectivity index (χ4n) is 4.45. The Morgan fingerprint density at radius 2 is 1.72 bits per heavy atom. The summed E-state index contributed by atoms with van der Waals surface area (Å²) in [5, 5.41) is 16.3. The Hall–Kier alpha value is -4.43. The van der Waals surface area contributed by atoms with Crippen LogP contribution in [0.3, 0.4) is 0 Å². The fraction of sp³-hybridized carbons (Fsp3) is 0.111. The number of nitrogens with one attached hydrogen (secondary N) is 1. The van der Waals surface area contributed by atoms with Crippen LogP contribution in [0.2, 0.25) is 5.02 Å². The largest absolute Gasteiger partial charge is 0.495 e. The quantitative estimate of drug-likeness (QED) is 0.189. The monoisotopic (exact) mass is 501 g/mol. The molecule has 0 atom stereocenters. The zero-order chi connectivity index (χ0) is 25.4. The van der Waals surface area contributed by atoms with Gasteiger partial charge in [-0.3, -0.25) is 24.6 Å². The molecule has 5 rings (SSSR count). The number of amides is 2. The van der Waals surface area contributed by atoms with Gasteiger partial charge in [-0.15, -0.1) is 0 Å². The molecular formula is C27H20ClN3O5. The summed E-state index contributed by atoms with van der Waals surface area (Å²) in [5.41, 5.74) is 1.79. The van der Waals surface area contributed by atoms with Gasteiger partial charge in [-0.25, -0.2) is 0 Å². The van der Waals surface area contributed by atoms with Crippen molar-refractivity contribution < 1.29 is 19.2 Å². The van der Waals surface area contributed by atoms with Crippen LogP contribution in [0, 0.1) is 10.1 Å². The Kier molecular flexibility index (Phi) is 6.03. The molecule has 1 aliphatic heterocycles. The maximum absolute atomic E-state index is 13.4. The minimum absolute atomic E-state index is 0.123. The van der Waals surface area contributed by atoms with Crippen molar-refractivity contribution in [1.29, 1.82) is 0 Å². The molecule has 0 bridgehead atoms. The Morgan fingerprint density at radius 1 is 0.972 bits per heavy atom. The normalized spacial score (nSPS) is 12.7. The number of hydrogen-bond donors (Lipinski definition) is 1. The SMILES string of the molecule is COc1ccc(Nc2c([N+](=O)[O-])cc3c4c(cccc24)C(=O)N(CCc2ccccc2)C3=O)cc1Cl. The highest BCUT2D eigenvalue weighted by Crippen LogP contribution is 2.42. The Labute approximate surface area is 211 Å². The van der Waals surface area contributed by atoms with Gasteiger partial charge >= 0.3 is 0 Å². The number of rotatable bonds is 7. The van der Waals surface area contributed by atoms with Crippen LogP contribution in [0.25, 0.3) is 10.8 Å². The Bertz CT molecular complexity index is 1540. The van der Waals surface area contributed by atoms with Crippen molar-refractivity contribution >= 4 is 51.2 Å². The van der Waals surface area contributed by atoms with Crippen molar-refractivity contribution in [3.8, 4) is 5.75 Å². The van der Waals surface area contributed by atoms with Crippen LogP contribution < -0.4 is 10.1 Å². The van der Waals surface area contributed by atoms with E-state index < -0.39 is 16.7 Å². The van der Waals surface area contributed by atoms with Crippen molar-refractivity contribution in [2.75, 3.05) is 19.0 Å². The molecule has 36 heavy (non-hydrogen) atoms. The first-order valence-electron chi connectivity index (χ1n) is 11.1. The van der Waals surface area contributed by atoms with Gasteiger partial charge < -0.3 is 10.1 Å². The zero-order valence-corrected chi connectivity index (χ0v) is 19.9. The van der Waals surface area contributed by atoms with Crippen molar-refractivity contribution in [2.45, 2.75) is 6.42 Å². The Morgan fingerprint density at radius 3 is 2.42 bits per heavy atom. The lowest BCUT2D eigenvalue weighted by Crippen LogP contribution is -2.41. The van der Waals surface area contributed by atoms with Crippen LogP contribution in [0.5, 0.6) is 5.75 Å². The molecule has 4 aromatic rings. The molecule has 0 unspecified atom stereocenters. The van der Waals surface area contributed by atoms with Crippen LogP contribution in [0.1, 0.15) is 26.3 Å². The van der Waals surface area contributed by atoms with Crippen molar-refractivity contribution in [1.82, 2.24) is 4.90 Å². The summed E-state index contributed by atoms with van der Waals surface area (Å²) < 4.78 is 5.17. The summed E-state index contributed by atoms with van der Waals surface area (Å²) in [7, 11) is 1.49. The van der Waals surface area contributed by atoms with Gasteiger partial charge in [-0.2, -0.15) is 0 Å². The van der Waals surface area contributed by atoms with E-state index >= 15 is 0 Å². The van der Waals surface area contributed by atoms with E-state index in [2.05, 4.69) is 5.32 Å². The molecule has 0 fully saturated rings. The van der Waals surface area contributed by atoms with Gasteiger partial charge in [0.2, 0.25) is 0 Å². The minimum Gasteiger partial charge on any atom is -0.495 e. The van der Waals surface area contributed by atoms with Crippen molar-refractivity contribution in [2.24, 2.45) is 0 Å².